The number of hydrogen-bond acceptors (Lipinski definition) is 2. The Morgan fingerprint density at radius 1 is 1.50 bits per heavy atom. The third-order valence-corrected chi connectivity index (χ3v) is 2.44. The molecule has 0 saturated carbocycles. The zero-order valence-electron chi connectivity index (χ0n) is 6.63. The van der Waals surface area contributed by atoms with E-state index in [1.54, 1.807) is 6.92 Å². The average molecular weight is 163 g/mol. The lowest BCUT2D eigenvalue weighted by Gasteiger charge is -2.13. The number of unbranched alkanes of at least 4 members (excludes halogenated alkanes) is 2. The van der Waals surface area contributed by atoms with Crippen LogP contribution in [0.4, 0.5) is 0 Å². The second kappa shape index (κ2) is 5.86. The van der Waals surface area contributed by atoms with Crippen LogP contribution >= 0.6 is 0 Å². The standard InChI is InChI=1S/C7H16O2S/c1-3-4-5-6-7(2)10(8)9/h7H,3-6H2,1-2H3,(H,8,9)/p-1. The van der Waals surface area contributed by atoms with E-state index in [4.69, 9.17) is 0 Å². The highest BCUT2D eigenvalue weighted by atomic mass is 32.2. The van der Waals surface area contributed by atoms with Gasteiger partial charge in [0.15, 0.2) is 0 Å². The number of rotatable bonds is 5. The van der Waals surface area contributed by atoms with Gasteiger partial charge in [-0.3, -0.25) is 4.21 Å². The van der Waals surface area contributed by atoms with Crippen molar-refractivity contribution in [3.05, 3.63) is 0 Å². The van der Waals surface area contributed by atoms with E-state index in [1.807, 2.05) is 0 Å². The molecule has 62 valence electrons. The summed E-state index contributed by atoms with van der Waals surface area (Å²) >= 11 is -1.86. The van der Waals surface area contributed by atoms with Gasteiger partial charge in [-0.05, 0) is 6.42 Å². The third-order valence-electron chi connectivity index (χ3n) is 1.54. The van der Waals surface area contributed by atoms with Crippen molar-refractivity contribution in [1.82, 2.24) is 0 Å². The van der Waals surface area contributed by atoms with Crippen LogP contribution in [-0.4, -0.2) is 14.0 Å². The van der Waals surface area contributed by atoms with Gasteiger partial charge in [-0.2, -0.15) is 0 Å². The quantitative estimate of drug-likeness (QED) is 0.458. The van der Waals surface area contributed by atoms with Gasteiger partial charge >= 0.3 is 0 Å². The van der Waals surface area contributed by atoms with E-state index >= 15 is 0 Å². The molecular weight excluding hydrogens is 148 g/mol. The Kier molecular flexibility index (Phi) is 5.93. The monoisotopic (exact) mass is 163 g/mol. The normalized spacial score (nSPS) is 16.7. The summed E-state index contributed by atoms with van der Waals surface area (Å²) in [6.45, 7) is 3.86. The van der Waals surface area contributed by atoms with Crippen molar-refractivity contribution in [3.8, 4) is 0 Å². The van der Waals surface area contributed by atoms with Crippen molar-refractivity contribution in [3.63, 3.8) is 0 Å². The van der Waals surface area contributed by atoms with Crippen LogP contribution in [-0.2, 0) is 11.1 Å². The molecule has 0 saturated heterocycles. The second-order valence-corrected chi connectivity index (χ2v) is 3.89. The van der Waals surface area contributed by atoms with Gasteiger partial charge in [0.1, 0.15) is 0 Å². The summed E-state index contributed by atoms with van der Waals surface area (Å²) in [6, 6.07) is 0. The lowest BCUT2D eigenvalue weighted by atomic mass is 10.2. The highest BCUT2D eigenvalue weighted by molar-refractivity contribution is 7.79. The zero-order valence-corrected chi connectivity index (χ0v) is 7.45. The predicted octanol–water partition coefficient (Wildman–Crippen LogP) is 1.83. The summed E-state index contributed by atoms with van der Waals surface area (Å²) in [5.74, 6) is 0. The summed E-state index contributed by atoms with van der Waals surface area (Å²) < 4.78 is 20.6. The molecule has 0 bridgehead atoms. The highest BCUT2D eigenvalue weighted by Crippen LogP contribution is 2.06. The van der Waals surface area contributed by atoms with E-state index in [-0.39, 0.29) is 5.25 Å². The molecule has 0 aromatic heterocycles. The van der Waals surface area contributed by atoms with Gasteiger partial charge in [-0.1, -0.05) is 44.2 Å². The molecule has 0 aliphatic rings. The summed E-state index contributed by atoms with van der Waals surface area (Å²) in [5.41, 5.74) is 0. The molecule has 0 heterocycles. The van der Waals surface area contributed by atoms with E-state index in [0.29, 0.717) is 0 Å². The summed E-state index contributed by atoms with van der Waals surface area (Å²) in [7, 11) is 0. The van der Waals surface area contributed by atoms with E-state index in [2.05, 4.69) is 6.92 Å². The Balaban J connectivity index is 3.21. The van der Waals surface area contributed by atoms with E-state index in [9.17, 15) is 8.76 Å². The first-order valence-electron chi connectivity index (χ1n) is 3.76. The van der Waals surface area contributed by atoms with Gasteiger partial charge in [-0.15, -0.1) is 0 Å². The van der Waals surface area contributed by atoms with Crippen molar-refractivity contribution in [1.29, 1.82) is 0 Å². The number of hydrogen-bond donors (Lipinski definition) is 0. The molecule has 0 spiro atoms. The Morgan fingerprint density at radius 3 is 2.50 bits per heavy atom. The van der Waals surface area contributed by atoms with Crippen molar-refractivity contribution >= 4 is 11.1 Å². The molecule has 3 heteroatoms. The van der Waals surface area contributed by atoms with Gasteiger partial charge in [0.2, 0.25) is 0 Å². The Hall–Kier alpha value is 0.110. The van der Waals surface area contributed by atoms with Crippen molar-refractivity contribution < 1.29 is 8.76 Å². The molecule has 0 aromatic carbocycles. The van der Waals surface area contributed by atoms with Crippen LogP contribution in [0.5, 0.6) is 0 Å². The molecule has 2 atom stereocenters. The van der Waals surface area contributed by atoms with E-state index < -0.39 is 11.1 Å². The second-order valence-electron chi connectivity index (χ2n) is 2.57. The first-order chi connectivity index (χ1) is 4.68. The van der Waals surface area contributed by atoms with Crippen LogP contribution in [0.15, 0.2) is 0 Å². The SMILES string of the molecule is CCCCCC(C)S(=O)[O-]. The fraction of sp³-hybridized carbons (Fsp3) is 1.00. The molecule has 0 rings (SSSR count). The van der Waals surface area contributed by atoms with Crippen LogP contribution in [0.25, 0.3) is 0 Å². The van der Waals surface area contributed by atoms with Crippen LogP contribution in [0.2, 0.25) is 0 Å². The average Bonchev–Trinajstić information content (AvgIpc) is 1.88. The minimum atomic E-state index is -1.86. The minimum absolute atomic E-state index is 0.161. The molecule has 0 aromatic rings. The van der Waals surface area contributed by atoms with Gasteiger partial charge in [0.25, 0.3) is 0 Å². The molecule has 2 nitrogen and oxygen atoms in total. The minimum Gasteiger partial charge on any atom is -0.772 e. The van der Waals surface area contributed by atoms with Crippen LogP contribution in [0.3, 0.4) is 0 Å². The molecule has 10 heavy (non-hydrogen) atoms. The molecular formula is C7H15O2S-. The molecule has 0 aliphatic heterocycles. The largest absolute Gasteiger partial charge is 0.772 e. The summed E-state index contributed by atoms with van der Waals surface area (Å²) in [4.78, 5) is 0. The van der Waals surface area contributed by atoms with Gasteiger partial charge in [-0.25, -0.2) is 0 Å². The topological polar surface area (TPSA) is 40.1 Å². The highest BCUT2D eigenvalue weighted by Gasteiger charge is 1.99. The Morgan fingerprint density at radius 2 is 2.10 bits per heavy atom. The molecule has 0 N–H and O–H groups in total. The Bertz CT molecular complexity index is 104. The van der Waals surface area contributed by atoms with Crippen LogP contribution < -0.4 is 0 Å². The van der Waals surface area contributed by atoms with Crippen molar-refractivity contribution in [2.75, 3.05) is 0 Å². The maximum atomic E-state index is 10.3. The fourth-order valence-corrected chi connectivity index (χ4v) is 1.14. The lowest BCUT2D eigenvalue weighted by molar-refractivity contribution is 0.515. The molecule has 0 radical (unpaired) electrons. The fourth-order valence-electron chi connectivity index (χ4n) is 0.778. The zero-order chi connectivity index (χ0) is 7.98. The molecule has 2 unspecified atom stereocenters. The van der Waals surface area contributed by atoms with Crippen molar-refractivity contribution in [2.45, 2.75) is 44.8 Å². The van der Waals surface area contributed by atoms with Crippen LogP contribution in [0, 0.1) is 0 Å². The molecule has 0 amide bonds. The summed E-state index contributed by atoms with van der Waals surface area (Å²) in [6.07, 6.45) is 4.13. The van der Waals surface area contributed by atoms with Gasteiger partial charge < -0.3 is 4.55 Å². The lowest BCUT2D eigenvalue weighted by Crippen LogP contribution is -2.09. The van der Waals surface area contributed by atoms with E-state index in [0.717, 1.165) is 25.7 Å². The van der Waals surface area contributed by atoms with E-state index in [1.165, 1.54) is 0 Å². The molecule has 0 fully saturated rings. The maximum absolute atomic E-state index is 10.3. The first kappa shape index (κ1) is 10.1. The molecule has 0 aliphatic carbocycles. The van der Waals surface area contributed by atoms with Crippen LogP contribution in [0.1, 0.15) is 39.5 Å². The van der Waals surface area contributed by atoms with Gasteiger partial charge in [0.05, 0.1) is 0 Å². The van der Waals surface area contributed by atoms with Crippen molar-refractivity contribution in [2.24, 2.45) is 0 Å². The maximum Gasteiger partial charge on any atom is 0.0187 e. The predicted molar refractivity (Wildman–Crippen MR) is 42.5 cm³/mol. The van der Waals surface area contributed by atoms with Gasteiger partial charge in [0, 0.05) is 5.25 Å². The first-order valence-corrected chi connectivity index (χ1v) is 4.90. The summed E-state index contributed by atoms with van der Waals surface area (Å²) in [5, 5.41) is -0.161. The Labute approximate surface area is 65.3 Å². The smallest absolute Gasteiger partial charge is 0.0187 e. The third kappa shape index (κ3) is 4.94.